The molecule has 0 aromatic heterocycles. The average Bonchev–Trinajstić information content (AvgIpc) is 2.31. The van der Waals surface area contributed by atoms with Crippen LogP contribution in [0.5, 0.6) is 0 Å². The van der Waals surface area contributed by atoms with Gasteiger partial charge in [0.1, 0.15) is 0 Å². The molecule has 1 aliphatic rings. The maximum absolute atomic E-state index is 11.2. The summed E-state index contributed by atoms with van der Waals surface area (Å²) in [5.74, 6) is 0. The number of amides is 1. The third-order valence-electron chi connectivity index (χ3n) is 2.15. The summed E-state index contributed by atoms with van der Waals surface area (Å²) in [5.41, 5.74) is 0. The molecule has 8 heteroatoms. The van der Waals surface area contributed by atoms with Gasteiger partial charge in [-0.2, -0.15) is 0 Å². The number of carbonyl (C=O) groups is 1. The van der Waals surface area contributed by atoms with Crippen molar-refractivity contribution >= 4 is 13.9 Å². The second-order valence-electron chi connectivity index (χ2n) is 3.43. The number of rotatable bonds is 1. The Bertz CT molecular complexity index is 284. The fourth-order valence-electron chi connectivity index (χ4n) is 1.32. The summed E-state index contributed by atoms with van der Waals surface area (Å²) in [5, 5.41) is 2.53. The van der Waals surface area contributed by atoms with E-state index in [1.165, 1.54) is 7.11 Å². The zero-order valence-corrected chi connectivity index (χ0v) is 9.94. The van der Waals surface area contributed by atoms with Crippen LogP contribution in [0.1, 0.15) is 19.3 Å². The molecule has 0 bridgehead atoms. The van der Waals surface area contributed by atoms with Crippen LogP contribution in [0.2, 0.25) is 0 Å². The number of ether oxygens (including phenoxy) is 1. The predicted molar refractivity (Wildman–Crippen MR) is 54.9 cm³/mol. The highest BCUT2D eigenvalue weighted by atomic mass is 31.2. The number of phosphoric acid groups is 1. The highest BCUT2D eigenvalue weighted by Gasteiger charge is 2.25. The average molecular weight is 253 g/mol. The largest absolute Gasteiger partial charge is 0.472 e. The van der Waals surface area contributed by atoms with E-state index in [1.807, 2.05) is 0 Å². The number of phosphoric ester groups is 1. The minimum Gasteiger partial charge on any atom is -0.453 e. The standard InChI is InChI=1S/C8H16NO6P/c1-13-8(10)9-7-4-2-3-5-14-16(11,12)15-6-7/h7H,2-6H2,1H3,(H,9,10)(H,11,12)/t7-/m0/s1. The number of methoxy groups -OCH3 is 1. The molecule has 1 unspecified atom stereocenters. The van der Waals surface area contributed by atoms with Crippen molar-refractivity contribution in [1.82, 2.24) is 5.32 Å². The maximum Gasteiger partial charge on any atom is 0.472 e. The lowest BCUT2D eigenvalue weighted by molar-refractivity contribution is 0.135. The van der Waals surface area contributed by atoms with Gasteiger partial charge in [-0.3, -0.25) is 9.05 Å². The van der Waals surface area contributed by atoms with Crippen molar-refractivity contribution in [3.8, 4) is 0 Å². The molecule has 1 amide bonds. The summed E-state index contributed by atoms with van der Waals surface area (Å²) in [6, 6.07) is -0.338. The molecule has 1 rings (SSSR count). The Balaban J connectivity index is 2.50. The van der Waals surface area contributed by atoms with Gasteiger partial charge in [0.25, 0.3) is 0 Å². The van der Waals surface area contributed by atoms with Crippen molar-refractivity contribution in [2.75, 3.05) is 20.3 Å². The first-order valence-corrected chi connectivity index (χ1v) is 6.49. The molecule has 0 aliphatic carbocycles. The lowest BCUT2D eigenvalue weighted by atomic mass is 10.1. The molecule has 0 saturated carbocycles. The van der Waals surface area contributed by atoms with Gasteiger partial charge in [0.2, 0.25) is 0 Å². The van der Waals surface area contributed by atoms with E-state index in [0.717, 1.165) is 6.42 Å². The first-order chi connectivity index (χ1) is 7.53. The molecule has 0 aromatic carbocycles. The van der Waals surface area contributed by atoms with Gasteiger partial charge in [-0.1, -0.05) is 0 Å². The Kier molecular flexibility index (Phi) is 5.21. The summed E-state index contributed by atoms with van der Waals surface area (Å²) in [7, 11) is -2.71. The normalized spacial score (nSPS) is 32.0. The second-order valence-corrected chi connectivity index (χ2v) is 4.88. The van der Waals surface area contributed by atoms with E-state index in [9.17, 15) is 14.3 Å². The molecule has 94 valence electrons. The summed E-state index contributed by atoms with van der Waals surface area (Å²) in [6.07, 6.45) is 1.49. The van der Waals surface area contributed by atoms with Crippen LogP contribution in [-0.4, -0.2) is 37.4 Å². The van der Waals surface area contributed by atoms with Crippen molar-refractivity contribution in [2.45, 2.75) is 25.3 Å². The molecule has 2 atom stereocenters. The zero-order chi connectivity index (χ0) is 12.0. The van der Waals surface area contributed by atoms with Gasteiger partial charge in [0.05, 0.1) is 26.4 Å². The molecule has 1 aliphatic heterocycles. The van der Waals surface area contributed by atoms with E-state index < -0.39 is 13.9 Å². The van der Waals surface area contributed by atoms with Gasteiger partial charge in [0, 0.05) is 0 Å². The van der Waals surface area contributed by atoms with Crippen molar-refractivity contribution in [3.05, 3.63) is 0 Å². The quantitative estimate of drug-likeness (QED) is 0.678. The molecule has 1 heterocycles. The van der Waals surface area contributed by atoms with Gasteiger partial charge in [-0.15, -0.1) is 0 Å². The highest BCUT2D eigenvalue weighted by molar-refractivity contribution is 7.47. The summed E-state index contributed by atoms with van der Waals surface area (Å²) in [4.78, 5) is 20.2. The number of alkyl carbamates (subject to hydrolysis) is 1. The topological polar surface area (TPSA) is 94.1 Å². The smallest absolute Gasteiger partial charge is 0.453 e. The lowest BCUT2D eigenvalue weighted by Crippen LogP contribution is -2.37. The Morgan fingerprint density at radius 3 is 2.94 bits per heavy atom. The third kappa shape index (κ3) is 4.94. The van der Waals surface area contributed by atoms with Crippen LogP contribution in [0.4, 0.5) is 4.79 Å². The molecule has 7 nitrogen and oxygen atoms in total. The minimum absolute atomic E-state index is 0.0666. The van der Waals surface area contributed by atoms with E-state index in [1.54, 1.807) is 0 Å². The summed E-state index contributed by atoms with van der Waals surface area (Å²) < 4.78 is 25.1. The predicted octanol–water partition coefficient (Wildman–Crippen LogP) is 1.03. The molecule has 0 spiro atoms. The Morgan fingerprint density at radius 1 is 1.50 bits per heavy atom. The van der Waals surface area contributed by atoms with Crippen LogP contribution >= 0.6 is 7.82 Å². The van der Waals surface area contributed by atoms with Gasteiger partial charge in [-0.25, -0.2) is 9.36 Å². The molecular formula is C8H16NO6P. The zero-order valence-electron chi connectivity index (χ0n) is 9.05. The Morgan fingerprint density at radius 2 is 2.25 bits per heavy atom. The van der Waals surface area contributed by atoms with Crippen LogP contribution in [0.25, 0.3) is 0 Å². The molecule has 1 fully saturated rings. The number of hydrogen-bond acceptors (Lipinski definition) is 5. The van der Waals surface area contributed by atoms with Crippen molar-refractivity contribution in [2.24, 2.45) is 0 Å². The molecule has 0 aromatic rings. The number of carbonyl (C=O) groups excluding carboxylic acids is 1. The molecule has 1 saturated heterocycles. The fraction of sp³-hybridized carbons (Fsp3) is 0.875. The molecular weight excluding hydrogens is 237 g/mol. The monoisotopic (exact) mass is 253 g/mol. The number of nitrogens with one attached hydrogen (secondary N) is 1. The lowest BCUT2D eigenvalue weighted by Gasteiger charge is -2.17. The van der Waals surface area contributed by atoms with Gasteiger partial charge < -0.3 is 14.9 Å². The third-order valence-corrected chi connectivity index (χ3v) is 3.13. The minimum atomic E-state index is -3.97. The van der Waals surface area contributed by atoms with E-state index in [2.05, 4.69) is 14.6 Å². The Hall–Kier alpha value is -0.620. The van der Waals surface area contributed by atoms with Crippen molar-refractivity contribution < 1.29 is 28.0 Å². The van der Waals surface area contributed by atoms with Gasteiger partial charge in [-0.05, 0) is 19.3 Å². The van der Waals surface area contributed by atoms with Crippen LogP contribution in [0.3, 0.4) is 0 Å². The summed E-state index contributed by atoms with van der Waals surface area (Å²) >= 11 is 0. The second kappa shape index (κ2) is 6.20. The van der Waals surface area contributed by atoms with E-state index in [4.69, 9.17) is 4.52 Å². The van der Waals surface area contributed by atoms with E-state index >= 15 is 0 Å². The summed E-state index contributed by atoms with van der Waals surface area (Å²) in [6.45, 7) is 0.113. The van der Waals surface area contributed by atoms with Crippen LogP contribution in [-0.2, 0) is 18.3 Å². The maximum atomic E-state index is 11.2. The van der Waals surface area contributed by atoms with Crippen LogP contribution in [0.15, 0.2) is 0 Å². The number of hydrogen-bond donors (Lipinski definition) is 2. The molecule has 2 N–H and O–H groups in total. The first-order valence-electron chi connectivity index (χ1n) is 5.00. The molecule has 0 radical (unpaired) electrons. The molecule has 16 heavy (non-hydrogen) atoms. The first kappa shape index (κ1) is 13.4. The highest BCUT2D eigenvalue weighted by Crippen LogP contribution is 2.44. The fourth-order valence-corrected chi connectivity index (χ4v) is 2.12. The van der Waals surface area contributed by atoms with E-state index in [0.29, 0.717) is 12.8 Å². The van der Waals surface area contributed by atoms with Gasteiger partial charge >= 0.3 is 13.9 Å². The van der Waals surface area contributed by atoms with E-state index in [-0.39, 0.29) is 19.3 Å². The van der Waals surface area contributed by atoms with Gasteiger partial charge in [0.15, 0.2) is 0 Å². The SMILES string of the molecule is COC(=O)N[C@H]1CCCCOP(=O)(O)OC1. The van der Waals surface area contributed by atoms with Crippen molar-refractivity contribution in [1.29, 1.82) is 0 Å². The van der Waals surface area contributed by atoms with Crippen LogP contribution in [0, 0.1) is 0 Å². The van der Waals surface area contributed by atoms with Crippen LogP contribution < -0.4 is 5.32 Å². The van der Waals surface area contributed by atoms with Crippen molar-refractivity contribution in [3.63, 3.8) is 0 Å². The Labute approximate surface area is 93.7 Å².